The molecule has 1 saturated heterocycles. The third-order valence-corrected chi connectivity index (χ3v) is 7.38. The third kappa shape index (κ3) is 3.99. The maximum Gasteiger partial charge on any atom is 0.242 e. The number of thiophene rings is 1. The molecule has 7 nitrogen and oxygen atoms in total. The van der Waals surface area contributed by atoms with Gasteiger partial charge in [-0.2, -0.15) is 4.98 Å². The number of benzene rings is 2. The minimum atomic E-state index is 0.126. The molecule has 1 aliphatic heterocycles. The van der Waals surface area contributed by atoms with Gasteiger partial charge in [0.2, 0.25) is 11.8 Å². The first-order valence-electron chi connectivity index (χ1n) is 11.5. The topological polar surface area (TPSA) is 70.6 Å². The number of aryl methyl sites for hydroxylation is 1. The number of fused-ring (bicyclic) bond motifs is 2. The molecule has 2 aromatic heterocycles. The van der Waals surface area contributed by atoms with Crippen LogP contribution in [0.25, 0.3) is 10.2 Å². The van der Waals surface area contributed by atoms with E-state index in [0.29, 0.717) is 29.6 Å². The second kappa shape index (κ2) is 8.70. The first-order valence-corrected chi connectivity index (χ1v) is 12.4. The molecule has 0 radical (unpaired) electrons. The van der Waals surface area contributed by atoms with Crippen LogP contribution in [0.4, 0.5) is 17.3 Å². The molecule has 8 heteroatoms. The van der Waals surface area contributed by atoms with Crippen LogP contribution in [0.15, 0.2) is 53.9 Å². The van der Waals surface area contributed by atoms with Gasteiger partial charge >= 0.3 is 0 Å². The summed E-state index contributed by atoms with van der Waals surface area (Å²) < 4.78 is 7.10. The molecule has 0 spiro atoms. The lowest BCUT2D eigenvalue weighted by molar-refractivity contribution is 0.0992. The van der Waals surface area contributed by atoms with Crippen molar-refractivity contribution in [1.82, 2.24) is 14.9 Å². The largest absolute Gasteiger partial charge is 0.437 e. The van der Waals surface area contributed by atoms with Crippen molar-refractivity contribution in [3.8, 4) is 11.6 Å². The van der Waals surface area contributed by atoms with E-state index < -0.39 is 0 Å². The maximum atomic E-state index is 12.4. The number of likely N-dealkylation sites (N-methyl/N-ethyl adjacent to an activating group) is 1. The fraction of sp³-hybridized carbons (Fsp3) is 0.269. The molecule has 6 rings (SSSR count). The lowest BCUT2D eigenvalue weighted by Gasteiger charge is -2.34. The number of carbonyl (C=O) groups is 1. The lowest BCUT2D eigenvalue weighted by Crippen LogP contribution is -2.44. The highest BCUT2D eigenvalue weighted by Gasteiger charge is 2.25. The molecule has 2 aliphatic rings. The van der Waals surface area contributed by atoms with Gasteiger partial charge in [-0.1, -0.05) is 12.1 Å². The summed E-state index contributed by atoms with van der Waals surface area (Å²) >= 11 is 1.53. The lowest BCUT2D eigenvalue weighted by atomic mass is 10.1. The van der Waals surface area contributed by atoms with E-state index in [-0.39, 0.29) is 5.78 Å². The zero-order chi connectivity index (χ0) is 23.1. The Morgan fingerprint density at radius 3 is 2.62 bits per heavy atom. The number of nitrogens with zero attached hydrogens (tertiary/aromatic N) is 4. The predicted octanol–water partition coefficient (Wildman–Crippen LogP) is 5.11. The van der Waals surface area contributed by atoms with Crippen molar-refractivity contribution >= 4 is 44.7 Å². The molecule has 1 N–H and O–H groups in total. The van der Waals surface area contributed by atoms with Crippen LogP contribution in [0, 0.1) is 0 Å². The summed E-state index contributed by atoms with van der Waals surface area (Å²) in [5, 5.41) is 5.29. The van der Waals surface area contributed by atoms with Crippen LogP contribution in [0.1, 0.15) is 22.3 Å². The third-order valence-electron chi connectivity index (χ3n) is 6.48. The van der Waals surface area contributed by atoms with Crippen molar-refractivity contribution in [2.75, 3.05) is 43.4 Å². The molecule has 172 valence electrons. The molecule has 0 bridgehead atoms. The SMILES string of the molecule is CN1CCN(c2ccc(Nc3nc(Oc4cccc5c4C(=O)CC5)c4sccc4n3)cc2)CC1. The number of hydrogen-bond donors (Lipinski definition) is 1. The van der Waals surface area contributed by atoms with Gasteiger partial charge in [-0.3, -0.25) is 4.79 Å². The van der Waals surface area contributed by atoms with Gasteiger partial charge in [0.25, 0.3) is 0 Å². The normalized spacial score (nSPS) is 16.1. The van der Waals surface area contributed by atoms with Crippen LogP contribution in [-0.4, -0.2) is 53.9 Å². The average molecular weight is 472 g/mol. The molecule has 0 unspecified atom stereocenters. The summed E-state index contributed by atoms with van der Waals surface area (Å²) in [5.41, 5.74) is 4.66. The number of Topliss-reactive ketones (excluding diaryl/α,β-unsaturated/α-hetero) is 1. The van der Waals surface area contributed by atoms with Crippen molar-refractivity contribution in [2.24, 2.45) is 0 Å². The van der Waals surface area contributed by atoms with Crippen molar-refractivity contribution in [3.63, 3.8) is 0 Å². The molecular formula is C26H25N5O2S. The molecule has 1 fully saturated rings. The van der Waals surface area contributed by atoms with E-state index >= 15 is 0 Å². The summed E-state index contributed by atoms with van der Waals surface area (Å²) in [6, 6.07) is 16.1. The molecule has 1 aliphatic carbocycles. The van der Waals surface area contributed by atoms with E-state index in [1.54, 1.807) is 0 Å². The zero-order valence-electron chi connectivity index (χ0n) is 19.0. The number of aromatic nitrogens is 2. The van der Waals surface area contributed by atoms with Crippen molar-refractivity contribution < 1.29 is 9.53 Å². The average Bonchev–Trinajstić information content (AvgIpc) is 3.48. The highest BCUT2D eigenvalue weighted by atomic mass is 32.1. The molecule has 0 atom stereocenters. The first-order chi connectivity index (χ1) is 16.6. The molecule has 2 aromatic carbocycles. The van der Waals surface area contributed by atoms with E-state index in [1.165, 1.54) is 17.0 Å². The van der Waals surface area contributed by atoms with E-state index in [2.05, 4.69) is 56.4 Å². The van der Waals surface area contributed by atoms with Crippen LogP contribution in [0.3, 0.4) is 0 Å². The van der Waals surface area contributed by atoms with E-state index in [0.717, 1.165) is 54.1 Å². The Kier molecular flexibility index (Phi) is 5.39. The number of ether oxygens (including phenoxy) is 1. The number of ketones is 1. The number of hydrogen-bond acceptors (Lipinski definition) is 8. The Bertz CT molecular complexity index is 1360. The summed E-state index contributed by atoms with van der Waals surface area (Å²) in [6.07, 6.45) is 1.30. The number of rotatable bonds is 5. The Morgan fingerprint density at radius 1 is 0.971 bits per heavy atom. The second-order valence-corrected chi connectivity index (χ2v) is 9.68. The van der Waals surface area contributed by atoms with Gasteiger partial charge in [-0.15, -0.1) is 11.3 Å². The van der Waals surface area contributed by atoms with E-state index in [4.69, 9.17) is 4.74 Å². The predicted molar refractivity (Wildman–Crippen MR) is 136 cm³/mol. The van der Waals surface area contributed by atoms with Crippen LogP contribution in [-0.2, 0) is 6.42 Å². The Balaban J connectivity index is 1.26. The standard InChI is InChI=1S/C26H25N5O2S/c1-30-12-14-31(15-13-30)19-8-6-18(7-9-19)27-26-28-20-11-16-34-24(20)25(29-26)33-22-4-2-3-17-5-10-21(32)23(17)22/h2-4,6-9,11,16H,5,10,12-15H2,1H3,(H,27,28,29). The number of nitrogens with one attached hydrogen (secondary N) is 1. The van der Waals surface area contributed by atoms with Crippen LogP contribution in [0.5, 0.6) is 11.6 Å². The van der Waals surface area contributed by atoms with Crippen molar-refractivity contribution in [1.29, 1.82) is 0 Å². The Labute approximate surface area is 202 Å². The molecule has 34 heavy (non-hydrogen) atoms. The molecule has 3 heterocycles. The minimum Gasteiger partial charge on any atom is -0.437 e. The van der Waals surface area contributed by atoms with Gasteiger partial charge < -0.3 is 19.9 Å². The summed E-state index contributed by atoms with van der Waals surface area (Å²) in [5.74, 6) is 1.62. The zero-order valence-corrected chi connectivity index (χ0v) is 19.8. The molecule has 0 amide bonds. The van der Waals surface area contributed by atoms with Crippen LogP contribution >= 0.6 is 11.3 Å². The Morgan fingerprint density at radius 2 is 1.79 bits per heavy atom. The second-order valence-electron chi connectivity index (χ2n) is 8.77. The summed E-state index contributed by atoms with van der Waals surface area (Å²) in [4.78, 5) is 26.5. The van der Waals surface area contributed by atoms with Crippen molar-refractivity contribution in [3.05, 3.63) is 65.0 Å². The minimum absolute atomic E-state index is 0.126. The monoisotopic (exact) mass is 471 g/mol. The molecular weight excluding hydrogens is 446 g/mol. The fourth-order valence-corrected chi connectivity index (χ4v) is 5.33. The quantitative estimate of drug-likeness (QED) is 0.434. The number of carbonyl (C=O) groups excluding carboxylic acids is 1. The maximum absolute atomic E-state index is 12.4. The van der Waals surface area contributed by atoms with Gasteiger partial charge in [-0.05, 0) is 60.8 Å². The van der Waals surface area contributed by atoms with Gasteiger partial charge in [-0.25, -0.2) is 4.98 Å². The van der Waals surface area contributed by atoms with Gasteiger partial charge in [0, 0.05) is 44.0 Å². The highest BCUT2D eigenvalue weighted by molar-refractivity contribution is 7.17. The fourth-order valence-electron chi connectivity index (χ4n) is 4.57. The first kappa shape index (κ1) is 21.1. The smallest absolute Gasteiger partial charge is 0.242 e. The van der Waals surface area contributed by atoms with Gasteiger partial charge in [0.05, 0.1) is 11.1 Å². The Hall–Kier alpha value is -3.49. The summed E-state index contributed by atoms with van der Waals surface area (Å²) in [7, 11) is 2.16. The summed E-state index contributed by atoms with van der Waals surface area (Å²) in [6.45, 7) is 4.22. The van der Waals surface area contributed by atoms with Gasteiger partial charge in [0.15, 0.2) is 5.78 Å². The number of anilines is 3. The van der Waals surface area contributed by atoms with E-state index in [1.807, 2.05) is 29.6 Å². The number of piperazine rings is 1. The molecule has 4 aromatic rings. The van der Waals surface area contributed by atoms with Gasteiger partial charge in [0.1, 0.15) is 10.4 Å². The van der Waals surface area contributed by atoms with Crippen LogP contribution in [0.2, 0.25) is 0 Å². The van der Waals surface area contributed by atoms with Crippen molar-refractivity contribution in [2.45, 2.75) is 12.8 Å². The highest BCUT2D eigenvalue weighted by Crippen LogP contribution is 2.37. The molecule has 0 saturated carbocycles. The van der Waals surface area contributed by atoms with Crippen LogP contribution < -0.4 is 15.0 Å². The van der Waals surface area contributed by atoms with E-state index in [9.17, 15) is 4.79 Å².